The monoisotopic (exact) mass is 492 g/mol. The Labute approximate surface area is 206 Å². The summed E-state index contributed by atoms with van der Waals surface area (Å²) in [6.45, 7) is 2.41. The molecule has 4 rings (SSSR count). The van der Waals surface area contributed by atoms with Gasteiger partial charge in [-0.3, -0.25) is 9.36 Å². The second kappa shape index (κ2) is 11.4. The molecule has 1 N–H and O–H groups in total. The lowest BCUT2D eigenvalue weighted by Crippen LogP contribution is -2.15. The Balaban J connectivity index is 1.51. The van der Waals surface area contributed by atoms with Gasteiger partial charge in [0.05, 0.1) is 43.4 Å². The van der Waals surface area contributed by atoms with Crippen LogP contribution in [-0.2, 0) is 16.1 Å². The molecule has 0 bridgehead atoms. The maximum atomic E-state index is 12.7. The van der Waals surface area contributed by atoms with Gasteiger partial charge in [-0.05, 0) is 49.4 Å². The Bertz CT molecular complexity index is 1300. The number of amides is 1. The summed E-state index contributed by atoms with van der Waals surface area (Å²) in [4.78, 5) is 24.6. The van der Waals surface area contributed by atoms with E-state index in [9.17, 15) is 9.59 Å². The average molecular weight is 493 g/mol. The van der Waals surface area contributed by atoms with Gasteiger partial charge in [-0.1, -0.05) is 30.0 Å². The van der Waals surface area contributed by atoms with Gasteiger partial charge in [0.1, 0.15) is 11.5 Å². The molecule has 0 aliphatic carbocycles. The van der Waals surface area contributed by atoms with E-state index in [1.54, 1.807) is 44.6 Å². The minimum atomic E-state index is -0.437. The molecule has 10 heteroatoms. The predicted octanol–water partition coefficient (Wildman–Crippen LogP) is 4.50. The van der Waals surface area contributed by atoms with Crippen LogP contribution < -0.4 is 10.1 Å². The Kier molecular flexibility index (Phi) is 7.84. The van der Waals surface area contributed by atoms with E-state index in [1.165, 1.54) is 11.8 Å². The van der Waals surface area contributed by atoms with E-state index in [-0.39, 0.29) is 18.3 Å². The lowest BCUT2D eigenvalue weighted by Gasteiger charge is -2.11. The SMILES string of the molecule is CCOC(=O)c1cccc(NC(=O)CSc2nnc(-c3ccccc3OC)n2Cc2ccco2)c1. The number of methoxy groups -OCH3 is 1. The van der Waals surface area contributed by atoms with Crippen molar-refractivity contribution in [3.63, 3.8) is 0 Å². The molecule has 0 fully saturated rings. The number of carbonyl (C=O) groups is 2. The fourth-order valence-corrected chi connectivity index (χ4v) is 4.13. The van der Waals surface area contributed by atoms with Gasteiger partial charge in [-0.25, -0.2) is 4.79 Å². The first-order valence-electron chi connectivity index (χ1n) is 10.9. The molecule has 0 atom stereocenters. The molecule has 4 aromatic rings. The van der Waals surface area contributed by atoms with E-state index in [4.69, 9.17) is 13.9 Å². The molecule has 0 radical (unpaired) electrons. The third-order valence-corrected chi connectivity index (χ3v) is 5.92. The summed E-state index contributed by atoms with van der Waals surface area (Å²) in [5.74, 6) is 1.39. The number of nitrogens with zero attached hydrogens (tertiary/aromatic N) is 3. The minimum absolute atomic E-state index is 0.0891. The zero-order valence-electron chi connectivity index (χ0n) is 19.3. The van der Waals surface area contributed by atoms with Crippen molar-refractivity contribution in [3.05, 3.63) is 78.3 Å². The van der Waals surface area contributed by atoms with E-state index >= 15 is 0 Å². The molecular weight excluding hydrogens is 468 g/mol. The van der Waals surface area contributed by atoms with E-state index in [2.05, 4.69) is 15.5 Å². The van der Waals surface area contributed by atoms with Gasteiger partial charge in [0.2, 0.25) is 5.91 Å². The number of furan rings is 1. The molecule has 0 aliphatic heterocycles. The molecule has 2 aromatic heterocycles. The number of hydrogen-bond donors (Lipinski definition) is 1. The molecule has 0 saturated heterocycles. The summed E-state index contributed by atoms with van der Waals surface area (Å²) in [5, 5.41) is 12.1. The number of thioether (sulfide) groups is 1. The molecule has 35 heavy (non-hydrogen) atoms. The van der Waals surface area contributed by atoms with Crippen LogP contribution in [0.25, 0.3) is 11.4 Å². The molecular formula is C25H24N4O5S. The second-order valence-corrected chi connectivity index (χ2v) is 8.25. The number of para-hydroxylation sites is 1. The van der Waals surface area contributed by atoms with Crippen molar-refractivity contribution in [3.8, 4) is 17.1 Å². The first-order valence-corrected chi connectivity index (χ1v) is 11.9. The Morgan fingerprint density at radius 3 is 2.71 bits per heavy atom. The second-order valence-electron chi connectivity index (χ2n) is 7.31. The Morgan fingerprint density at radius 1 is 1.09 bits per heavy atom. The number of benzene rings is 2. The van der Waals surface area contributed by atoms with Crippen molar-refractivity contribution in [1.29, 1.82) is 0 Å². The summed E-state index contributed by atoms with van der Waals surface area (Å²) in [7, 11) is 1.60. The van der Waals surface area contributed by atoms with Crippen molar-refractivity contribution < 1.29 is 23.5 Å². The van der Waals surface area contributed by atoms with Gasteiger partial charge in [-0.2, -0.15) is 0 Å². The molecule has 2 heterocycles. The zero-order chi connectivity index (χ0) is 24.6. The highest BCUT2D eigenvalue weighted by Gasteiger charge is 2.19. The normalized spacial score (nSPS) is 10.7. The molecule has 0 aliphatic rings. The summed E-state index contributed by atoms with van der Waals surface area (Å²) in [6, 6.07) is 17.8. The first-order chi connectivity index (χ1) is 17.1. The molecule has 180 valence electrons. The van der Waals surface area contributed by atoms with Gasteiger partial charge >= 0.3 is 5.97 Å². The fourth-order valence-electron chi connectivity index (χ4n) is 3.39. The Hall–Kier alpha value is -4.05. The zero-order valence-corrected chi connectivity index (χ0v) is 20.1. The topological polar surface area (TPSA) is 108 Å². The maximum Gasteiger partial charge on any atom is 0.338 e. The quantitative estimate of drug-likeness (QED) is 0.255. The summed E-state index contributed by atoms with van der Waals surface area (Å²) >= 11 is 1.25. The van der Waals surface area contributed by atoms with Crippen LogP contribution in [0.2, 0.25) is 0 Å². The van der Waals surface area contributed by atoms with Crippen LogP contribution in [0.15, 0.2) is 76.5 Å². The highest BCUT2D eigenvalue weighted by atomic mass is 32.2. The summed E-state index contributed by atoms with van der Waals surface area (Å²) < 4.78 is 17.9. The van der Waals surface area contributed by atoms with Crippen molar-refractivity contribution in [2.45, 2.75) is 18.6 Å². The lowest BCUT2D eigenvalue weighted by molar-refractivity contribution is -0.113. The third kappa shape index (κ3) is 5.90. The van der Waals surface area contributed by atoms with E-state index in [0.29, 0.717) is 34.5 Å². The van der Waals surface area contributed by atoms with Gasteiger partial charge in [0, 0.05) is 5.69 Å². The smallest absolute Gasteiger partial charge is 0.338 e. The van der Waals surface area contributed by atoms with E-state index < -0.39 is 5.97 Å². The third-order valence-electron chi connectivity index (χ3n) is 4.95. The predicted molar refractivity (Wildman–Crippen MR) is 132 cm³/mol. The molecule has 0 unspecified atom stereocenters. The van der Waals surface area contributed by atoms with Gasteiger partial charge < -0.3 is 19.2 Å². The standard InChI is InChI=1S/C25H24N4O5S/c1-3-33-24(31)17-8-6-9-18(14-17)26-22(30)16-35-25-28-27-23(20-11-4-5-12-21(20)32-2)29(25)15-19-10-7-13-34-19/h4-14H,3,15-16H2,1-2H3,(H,26,30). The largest absolute Gasteiger partial charge is 0.496 e. The Morgan fingerprint density at radius 2 is 1.94 bits per heavy atom. The fraction of sp³-hybridized carbons (Fsp3) is 0.200. The minimum Gasteiger partial charge on any atom is -0.496 e. The van der Waals surface area contributed by atoms with Crippen molar-refractivity contribution in [1.82, 2.24) is 14.8 Å². The van der Waals surface area contributed by atoms with Crippen molar-refractivity contribution in [2.75, 3.05) is 24.8 Å². The number of hydrogen-bond acceptors (Lipinski definition) is 8. The van der Waals surface area contributed by atoms with Crippen LogP contribution in [-0.4, -0.2) is 46.1 Å². The van der Waals surface area contributed by atoms with Crippen LogP contribution in [0.1, 0.15) is 23.0 Å². The summed E-state index contributed by atoms with van der Waals surface area (Å²) in [5.41, 5.74) is 1.66. The number of carbonyl (C=O) groups excluding carboxylic acids is 2. The molecule has 0 saturated carbocycles. The number of anilines is 1. The van der Waals surface area contributed by atoms with E-state index in [1.807, 2.05) is 41.0 Å². The van der Waals surface area contributed by atoms with Crippen LogP contribution >= 0.6 is 11.8 Å². The van der Waals surface area contributed by atoms with Crippen LogP contribution in [0, 0.1) is 0 Å². The highest BCUT2D eigenvalue weighted by molar-refractivity contribution is 7.99. The van der Waals surface area contributed by atoms with Crippen LogP contribution in [0.4, 0.5) is 5.69 Å². The molecule has 9 nitrogen and oxygen atoms in total. The molecule has 0 spiro atoms. The maximum absolute atomic E-state index is 12.7. The summed E-state index contributed by atoms with van der Waals surface area (Å²) in [6.07, 6.45) is 1.60. The van der Waals surface area contributed by atoms with Crippen molar-refractivity contribution in [2.24, 2.45) is 0 Å². The average Bonchev–Trinajstić information content (AvgIpc) is 3.53. The van der Waals surface area contributed by atoms with Gasteiger partial charge in [0.15, 0.2) is 11.0 Å². The number of ether oxygens (including phenoxy) is 2. The van der Waals surface area contributed by atoms with Gasteiger partial charge in [-0.15, -0.1) is 10.2 Å². The number of nitrogens with one attached hydrogen (secondary N) is 1. The van der Waals surface area contributed by atoms with Crippen molar-refractivity contribution >= 4 is 29.3 Å². The van der Waals surface area contributed by atoms with Gasteiger partial charge in [0.25, 0.3) is 0 Å². The first kappa shape index (κ1) is 24.1. The van der Waals surface area contributed by atoms with Crippen LogP contribution in [0.3, 0.4) is 0 Å². The highest BCUT2D eigenvalue weighted by Crippen LogP contribution is 2.31. The van der Waals surface area contributed by atoms with Crippen LogP contribution in [0.5, 0.6) is 5.75 Å². The number of rotatable bonds is 10. The molecule has 2 aromatic carbocycles. The van der Waals surface area contributed by atoms with E-state index in [0.717, 1.165) is 11.3 Å². The number of aromatic nitrogens is 3. The molecule has 1 amide bonds. The lowest BCUT2D eigenvalue weighted by atomic mass is 10.2. The number of esters is 1.